The fourth-order valence-electron chi connectivity index (χ4n) is 3.73. The van der Waals surface area contributed by atoms with Crippen LogP contribution in [0.15, 0.2) is 11.1 Å². The van der Waals surface area contributed by atoms with Crippen molar-refractivity contribution in [1.82, 2.24) is 0 Å². The van der Waals surface area contributed by atoms with Crippen molar-refractivity contribution >= 4 is 34.3 Å². The number of hydrogen-bond acceptors (Lipinski definition) is 5. The molecule has 0 radical (unpaired) electrons. The highest BCUT2D eigenvalue weighted by atomic mass is 32.2. The molecular formula is C17H26O3S2. The van der Waals surface area contributed by atoms with Crippen molar-refractivity contribution in [1.29, 1.82) is 0 Å². The van der Waals surface area contributed by atoms with E-state index in [9.17, 15) is 4.79 Å². The third-order valence-corrected chi connectivity index (χ3v) is 6.04. The van der Waals surface area contributed by atoms with Crippen molar-refractivity contribution in [3.63, 3.8) is 0 Å². The van der Waals surface area contributed by atoms with E-state index < -0.39 is 0 Å². The molecule has 0 spiro atoms. The molecule has 0 N–H and O–H groups in total. The smallest absolute Gasteiger partial charge is 0.334 e. The van der Waals surface area contributed by atoms with Gasteiger partial charge < -0.3 is 9.47 Å². The van der Waals surface area contributed by atoms with Crippen molar-refractivity contribution in [3.8, 4) is 0 Å². The van der Waals surface area contributed by atoms with Crippen LogP contribution in [0, 0.1) is 5.41 Å². The van der Waals surface area contributed by atoms with E-state index in [1.54, 1.807) is 11.8 Å². The lowest BCUT2D eigenvalue weighted by atomic mass is 9.64. The molecule has 0 aromatic heterocycles. The molecule has 5 heteroatoms. The average Bonchev–Trinajstić information content (AvgIpc) is 2.46. The zero-order chi connectivity index (χ0) is 16.2. The molecule has 2 aliphatic rings. The number of esters is 1. The van der Waals surface area contributed by atoms with Crippen LogP contribution in [0.1, 0.15) is 59.3 Å². The SMILES string of the molecule is CCOC(=O)C1=C2CCCCC2(C)CC(SC(=S)OCC)C1. The van der Waals surface area contributed by atoms with Gasteiger partial charge in [-0.3, -0.25) is 0 Å². The molecule has 0 aliphatic heterocycles. The van der Waals surface area contributed by atoms with E-state index in [-0.39, 0.29) is 11.4 Å². The van der Waals surface area contributed by atoms with Gasteiger partial charge in [-0.2, -0.15) is 0 Å². The van der Waals surface area contributed by atoms with Gasteiger partial charge in [0.2, 0.25) is 4.38 Å². The minimum atomic E-state index is -0.127. The summed E-state index contributed by atoms with van der Waals surface area (Å²) in [6.07, 6.45) is 6.44. The number of carbonyl (C=O) groups excluding carboxylic acids is 1. The first kappa shape index (κ1) is 17.8. The fraction of sp³-hybridized carbons (Fsp3) is 0.765. The standard InChI is InChI=1S/C17H26O3S2/c1-4-19-15(18)13-10-12(22-16(21)20-5-2)11-17(3)9-7-6-8-14(13)17/h12H,4-11H2,1-3H3. The lowest BCUT2D eigenvalue weighted by molar-refractivity contribution is -0.139. The van der Waals surface area contributed by atoms with Gasteiger partial charge >= 0.3 is 5.97 Å². The molecule has 22 heavy (non-hydrogen) atoms. The summed E-state index contributed by atoms with van der Waals surface area (Å²) in [6.45, 7) is 7.14. The summed E-state index contributed by atoms with van der Waals surface area (Å²) in [4.78, 5) is 12.4. The topological polar surface area (TPSA) is 35.5 Å². The van der Waals surface area contributed by atoms with E-state index in [1.165, 1.54) is 18.4 Å². The predicted octanol–water partition coefficient (Wildman–Crippen LogP) is 4.64. The minimum Gasteiger partial charge on any atom is -0.479 e. The molecule has 2 atom stereocenters. The second-order valence-corrected chi connectivity index (χ2v) is 8.18. The van der Waals surface area contributed by atoms with Gasteiger partial charge in [0.25, 0.3) is 0 Å². The van der Waals surface area contributed by atoms with Crippen LogP contribution < -0.4 is 0 Å². The molecule has 0 aromatic rings. The van der Waals surface area contributed by atoms with Crippen molar-refractivity contribution in [2.24, 2.45) is 5.41 Å². The molecule has 1 saturated carbocycles. The van der Waals surface area contributed by atoms with Crippen molar-refractivity contribution in [2.45, 2.75) is 64.5 Å². The molecule has 3 nitrogen and oxygen atoms in total. The number of rotatable bonds is 4. The van der Waals surface area contributed by atoms with Crippen molar-refractivity contribution in [3.05, 3.63) is 11.1 Å². The lowest BCUT2D eigenvalue weighted by Crippen LogP contribution is -2.35. The van der Waals surface area contributed by atoms with E-state index in [0.717, 1.165) is 31.3 Å². The zero-order valence-electron chi connectivity index (χ0n) is 13.8. The summed E-state index contributed by atoms with van der Waals surface area (Å²) in [5.74, 6) is -0.127. The largest absolute Gasteiger partial charge is 0.479 e. The van der Waals surface area contributed by atoms with Crippen LogP contribution >= 0.6 is 24.0 Å². The van der Waals surface area contributed by atoms with Gasteiger partial charge in [0.1, 0.15) is 0 Å². The second kappa shape index (κ2) is 7.82. The van der Waals surface area contributed by atoms with Crippen LogP contribution in [-0.4, -0.2) is 28.8 Å². The predicted molar refractivity (Wildman–Crippen MR) is 95.1 cm³/mol. The molecule has 2 unspecified atom stereocenters. The minimum absolute atomic E-state index is 0.123. The van der Waals surface area contributed by atoms with Gasteiger partial charge in [0.05, 0.1) is 13.2 Å². The normalized spacial score (nSPS) is 28.0. The Labute approximate surface area is 143 Å². The summed E-state index contributed by atoms with van der Waals surface area (Å²) < 4.78 is 11.3. The number of carbonyl (C=O) groups is 1. The highest BCUT2D eigenvalue weighted by Gasteiger charge is 2.42. The van der Waals surface area contributed by atoms with Gasteiger partial charge in [-0.15, -0.1) is 0 Å². The molecule has 0 heterocycles. The van der Waals surface area contributed by atoms with Crippen LogP contribution in [0.25, 0.3) is 0 Å². The summed E-state index contributed by atoms with van der Waals surface area (Å²) in [5, 5.41) is 0.310. The Morgan fingerprint density at radius 3 is 2.73 bits per heavy atom. The third kappa shape index (κ3) is 4.05. The van der Waals surface area contributed by atoms with Gasteiger partial charge in [-0.25, -0.2) is 4.79 Å². The summed E-state index contributed by atoms with van der Waals surface area (Å²) in [7, 11) is 0. The molecule has 2 rings (SSSR count). The molecule has 0 aromatic carbocycles. The Bertz CT molecular complexity index is 473. The number of thiocarbonyl (C=S) groups is 1. The fourth-order valence-corrected chi connectivity index (χ4v) is 5.42. The average molecular weight is 343 g/mol. The first-order valence-corrected chi connectivity index (χ1v) is 9.52. The first-order valence-electron chi connectivity index (χ1n) is 8.23. The van der Waals surface area contributed by atoms with Crippen molar-refractivity contribution in [2.75, 3.05) is 13.2 Å². The summed E-state index contributed by atoms with van der Waals surface area (Å²) >= 11 is 6.89. The summed E-state index contributed by atoms with van der Waals surface area (Å²) in [5.41, 5.74) is 2.38. The van der Waals surface area contributed by atoms with Gasteiger partial charge in [-0.1, -0.05) is 30.7 Å². The molecule has 2 aliphatic carbocycles. The Morgan fingerprint density at radius 1 is 1.32 bits per heavy atom. The Morgan fingerprint density at radius 2 is 2.05 bits per heavy atom. The van der Waals surface area contributed by atoms with Gasteiger partial charge in [0, 0.05) is 10.8 Å². The highest BCUT2D eigenvalue weighted by molar-refractivity contribution is 8.23. The monoisotopic (exact) mass is 342 g/mol. The van der Waals surface area contributed by atoms with Crippen LogP contribution in [0.5, 0.6) is 0 Å². The van der Waals surface area contributed by atoms with E-state index in [4.69, 9.17) is 21.7 Å². The number of allylic oxidation sites excluding steroid dienone is 1. The van der Waals surface area contributed by atoms with E-state index in [2.05, 4.69) is 6.92 Å². The first-order chi connectivity index (χ1) is 10.5. The maximum atomic E-state index is 12.4. The van der Waals surface area contributed by atoms with Crippen LogP contribution in [-0.2, 0) is 14.3 Å². The Balaban J connectivity index is 2.22. The number of thioether (sulfide) groups is 1. The number of hydrogen-bond donors (Lipinski definition) is 0. The molecule has 1 fully saturated rings. The van der Waals surface area contributed by atoms with E-state index in [1.807, 2.05) is 13.8 Å². The molecule has 124 valence electrons. The van der Waals surface area contributed by atoms with E-state index in [0.29, 0.717) is 22.8 Å². The zero-order valence-corrected chi connectivity index (χ0v) is 15.4. The maximum Gasteiger partial charge on any atom is 0.334 e. The molecular weight excluding hydrogens is 316 g/mol. The molecule has 0 saturated heterocycles. The van der Waals surface area contributed by atoms with E-state index >= 15 is 0 Å². The van der Waals surface area contributed by atoms with Crippen LogP contribution in [0.2, 0.25) is 0 Å². The molecule has 0 bridgehead atoms. The van der Waals surface area contributed by atoms with Crippen molar-refractivity contribution < 1.29 is 14.3 Å². The molecule has 0 amide bonds. The van der Waals surface area contributed by atoms with Crippen LogP contribution in [0.3, 0.4) is 0 Å². The Kier molecular flexibility index (Phi) is 6.33. The second-order valence-electron chi connectivity index (χ2n) is 6.28. The quantitative estimate of drug-likeness (QED) is 0.549. The highest BCUT2D eigenvalue weighted by Crippen LogP contribution is 2.52. The maximum absolute atomic E-state index is 12.4. The van der Waals surface area contributed by atoms with Gasteiger partial charge in [0.15, 0.2) is 0 Å². The number of fused-ring (bicyclic) bond motifs is 1. The third-order valence-electron chi connectivity index (χ3n) is 4.66. The number of ether oxygens (including phenoxy) is 2. The lowest BCUT2D eigenvalue weighted by Gasteiger charge is -2.44. The Hall–Kier alpha value is -0.550. The van der Waals surface area contributed by atoms with Crippen LogP contribution in [0.4, 0.5) is 0 Å². The summed E-state index contributed by atoms with van der Waals surface area (Å²) in [6, 6.07) is 0. The van der Waals surface area contributed by atoms with Gasteiger partial charge in [-0.05, 0) is 63.6 Å².